The van der Waals surface area contributed by atoms with Crippen molar-refractivity contribution >= 4 is 50.0 Å². The number of hydrogen-bond donors (Lipinski definition) is 1. The number of aromatic nitrogens is 1. The first kappa shape index (κ1) is 13.0. The molecule has 1 aromatic carbocycles. The molecule has 18 heavy (non-hydrogen) atoms. The lowest BCUT2D eigenvalue weighted by Crippen LogP contribution is -2.14. The van der Waals surface area contributed by atoms with Crippen LogP contribution in [0.1, 0.15) is 18.9 Å². The van der Waals surface area contributed by atoms with E-state index in [1.165, 1.54) is 18.3 Å². The predicted molar refractivity (Wildman–Crippen MR) is 73.3 cm³/mol. The van der Waals surface area contributed by atoms with Crippen molar-refractivity contribution in [3.05, 3.63) is 22.7 Å². The molecule has 1 heterocycles. The van der Waals surface area contributed by atoms with Gasteiger partial charge in [0.2, 0.25) is 5.91 Å². The van der Waals surface area contributed by atoms with E-state index < -0.39 is 0 Å². The summed E-state index contributed by atoms with van der Waals surface area (Å²) in [5.74, 6) is -0.531. The first-order chi connectivity index (χ1) is 8.45. The molecule has 1 amide bonds. The predicted octanol–water partition coefficient (Wildman–Crippen LogP) is 3.18. The SMILES string of the molecule is CC(=O)CC(=O)Nc1nc2c(Cl)cc(C)cc2s1. The van der Waals surface area contributed by atoms with Gasteiger partial charge in [0.05, 0.1) is 16.1 Å². The van der Waals surface area contributed by atoms with Gasteiger partial charge in [0.1, 0.15) is 11.3 Å². The van der Waals surface area contributed by atoms with E-state index in [4.69, 9.17) is 11.6 Å². The Hall–Kier alpha value is -1.46. The smallest absolute Gasteiger partial charge is 0.233 e. The van der Waals surface area contributed by atoms with E-state index in [9.17, 15) is 9.59 Å². The van der Waals surface area contributed by atoms with Crippen LogP contribution in [0.2, 0.25) is 5.02 Å². The summed E-state index contributed by atoms with van der Waals surface area (Å²) in [5.41, 5.74) is 1.71. The van der Waals surface area contributed by atoms with Gasteiger partial charge >= 0.3 is 0 Å². The van der Waals surface area contributed by atoms with Crippen LogP contribution in [0, 0.1) is 6.92 Å². The molecule has 0 radical (unpaired) electrons. The monoisotopic (exact) mass is 282 g/mol. The van der Waals surface area contributed by atoms with E-state index >= 15 is 0 Å². The van der Waals surface area contributed by atoms with Gasteiger partial charge < -0.3 is 5.32 Å². The number of nitrogens with one attached hydrogen (secondary N) is 1. The average molecular weight is 283 g/mol. The average Bonchev–Trinajstić information content (AvgIpc) is 2.58. The zero-order chi connectivity index (χ0) is 13.3. The molecule has 0 bridgehead atoms. The van der Waals surface area contributed by atoms with Crippen molar-refractivity contribution in [1.29, 1.82) is 0 Å². The van der Waals surface area contributed by atoms with Crippen molar-refractivity contribution in [1.82, 2.24) is 4.98 Å². The number of benzene rings is 1. The Bertz CT molecular complexity index is 636. The highest BCUT2D eigenvalue weighted by Gasteiger charge is 2.11. The number of thiazole rings is 1. The van der Waals surface area contributed by atoms with Gasteiger partial charge in [-0.05, 0) is 31.5 Å². The zero-order valence-corrected chi connectivity index (χ0v) is 11.5. The Kier molecular flexibility index (Phi) is 3.63. The van der Waals surface area contributed by atoms with E-state index in [1.54, 1.807) is 0 Å². The van der Waals surface area contributed by atoms with Gasteiger partial charge in [0.15, 0.2) is 5.13 Å². The molecule has 0 atom stereocenters. The number of halogens is 1. The van der Waals surface area contributed by atoms with E-state index in [-0.39, 0.29) is 18.1 Å². The third kappa shape index (κ3) is 2.86. The summed E-state index contributed by atoms with van der Waals surface area (Å²) in [6.07, 6.45) is -0.136. The fraction of sp³-hybridized carbons (Fsp3) is 0.250. The second-order valence-electron chi connectivity index (χ2n) is 4.04. The maximum atomic E-state index is 11.5. The Balaban J connectivity index is 2.28. The molecule has 0 spiro atoms. The summed E-state index contributed by atoms with van der Waals surface area (Å²) in [6.45, 7) is 3.32. The van der Waals surface area contributed by atoms with E-state index in [0.29, 0.717) is 15.7 Å². The van der Waals surface area contributed by atoms with Gasteiger partial charge in [0.25, 0.3) is 0 Å². The molecule has 2 aromatic rings. The number of Topliss-reactive ketones (excluding diaryl/α,β-unsaturated/α-hetero) is 1. The number of aryl methyl sites for hydroxylation is 1. The van der Waals surface area contributed by atoms with Crippen molar-refractivity contribution in [2.24, 2.45) is 0 Å². The van der Waals surface area contributed by atoms with Crippen LogP contribution in [0.15, 0.2) is 12.1 Å². The van der Waals surface area contributed by atoms with Crippen molar-refractivity contribution < 1.29 is 9.59 Å². The van der Waals surface area contributed by atoms with Gasteiger partial charge in [-0.15, -0.1) is 0 Å². The van der Waals surface area contributed by atoms with Gasteiger partial charge in [-0.1, -0.05) is 22.9 Å². The summed E-state index contributed by atoms with van der Waals surface area (Å²) in [7, 11) is 0. The topological polar surface area (TPSA) is 59.1 Å². The highest BCUT2D eigenvalue weighted by Crippen LogP contribution is 2.32. The highest BCUT2D eigenvalue weighted by molar-refractivity contribution is 7.22. The first-order valence-corrected chi connectivity index (χ1v) is 6.51. The standard InChI is InChI=1S/C12H11ClN2O2S/c1-6-3-8(13)11-9(4-6)18-12(15-11)14-10(17)5-7(2)16/h3-4H,5H2,1-2H3,(H,14,15,17). The fourth-order valence-electron chi connectivity index (χ4n) is 1.56. The number of nitrogens with zero attached hydrogens (tertiary/aromatic N) is 1. The lowest BCUT2D eigenvalue weighted by molar-refractivity contribution is -0.124. The molecule has 0 fully saturated rings. The number of carbonyl (C=O) groups excluding carboxylic acids is 2. The number of hydrogen-bond acceptors (Lipinski definition) is 4. The molecule has 0 saturated heterocycles. The highest BCUT2D eigenvalue weighted by atomic mass is 35.5. The Morgan fingerprint density at radius 2 is 2.17 bits per heavy atom. The van der Waals surface area contributed by atoms with Crippen LogP contribution in [0.4, 0.5) is 5.13 Å². The lowest BCUT2D eigenvalue weighted by Gasteiger charge is -1.97. The van der Waals surface area contributed by atoms with Crippen LogP contribution in [0.3, 0.4) is 0 Å². The van der Waals surface area contributed by atoms with E-state index in [0.717, 1.165) is 10.3 Å². The second kappa shape index (κ2) is 5.04. The molecule has 0 unspecified atom stereocenters. The summed E-state index contributed by atoms with van der Waals surface area (Å²) in [4.78, 5) is 26.5. The Morgan fingerprint density at radius 1 is 1.44 bits per heavy atom. The van der Waals surface area contributed by atoms with Gasteiger partial charge in [0, 0.05) is 0 Å². The number of amides is 1. The minimum absolute atomic E-state index is 0.136. The summed E-state index contributed by atoms with van der Waals surface area (Å²) >= 11 is 7.42. The maximum absolute atomic E-state index is 11.5. The Labute approximate surface area is 113 Å². The van der Waals surface area contributed by atoms with Crippen molar-refractivity contribution in [2.75, 3.05) is 5.32 Å². The number of fused-ring (bicyclic) bond motifs is 1. The zero-order valence-electron chi connectivity index (χ0n) is 9.91. The quantitative estimate of drug-likeness (QED) is 0.880. The van der Waals surface area contributed by atoms with Crippen molar-refractivity contribution in [3.63, 3.8) is 0 Å². The molecule has 1 N–H and O–H groups in total. The summed E-state index contributed by atoms with van der Waals surface area (Å²) < 4.78 is 0.915. The largest absolute Gasteiger partial charge is 0.302 e. The van der Waals surface area contributed by atoms with Crippen LogP contribution in [-0.2, 0) is 9.59 Å². The number of carbonyl (C=O) groups is 2. The minimum atomic E-state index is -0.352. The normalized spacial score (nSPS) is 10.6. The van der Waals surface area contributed by atoms with Crippen LogP contribution in [0.5, 0.6) is 0 Å². The van der Waals surface area contributed by atoms with Gasteiger partial charge in [-0.25, -0.2) is 4.98 Å². The second-order valence-corrected chi connectivity index (χ2v) is 5.48. The molecule has 94 valence electrons. The van der Waals surface area contributed by atoms with Crippen molar-refractivity contribution in [3.8, 4) is 0 Å². The van der Waals surface area contributed by atoms with Gasteiger partial charge in [-0.3, -0.25) is 9.59 Å². The number of rotatable bonds is 3. The first-order valence-electron chi connectivity index (χ1n) is 5.31. The fourth-order valence-corrected chi connectivity index (χ4v) is 2.94. The summed E-state index contributed by atoms with van der Waals surface area (Å²) in [6, 6.07) is 3.78. The molecule has 0 aliphatic heterocycles. The van der Waals surface area contributed by atoms with Crippen LogP contribution < -0.4 is 5.32 Å². The third-order valence-electron chi connectivity index (χ3n) is 2.25. The molecule has 0 aliphatic carbocycles. The maximum Gasteiger partial charge on any atom is 0.233 e. The molecule has 2 rings (SSSR count). The molecular formula is C12H11ClN2O2S. The number of ketones is 1. The van der Waals surface area contributed by atoms with Crippen LogP contribution >= 0.6 is 22.9 Å². The molecular weight excluding hydrogens is 272 g/mol. The van der Waals surface area contributed by atoms with E-state index in [2.05, 4.69) is 10.3 Å². The third-order valence-corrected chi connectivity index (χ3v) is 3.45. The molecule has 6 heteroatoms. The number of anilines is 1. The summed E-state index contributed by atoms with van der Waals surface area (Å²) in [5, 5.41) is 3.62. The van der Waals surface area contributed by atoms with Crippen LogP contribution in [0.25, 0.3) is 10.2 Å². The van der Waals surface area contributed by atoms with E-state index in [1.807, 2.05) is 19.1 Å². The van der Waals surface area contributed by atoms with Crippen molar-refractivity contribution in [2.45, 2.75) is 20.3 Å². The lowest BCUT2D eigenvalue weighted by atomic mass is 10.2. The van der Waals surface area contributed by atoms with Gasteiger partial charge in [-0.2, -0.15) is 0 Å². The Morgan fingerprint density at radius 3 is 2.83 bits per heavy atom. The molecule has 0 aliphatic rings. The molecule has 0 saturated carbocycles. The van der Waals surface area contributed by atoms with Crippen LogP contribution in [-0.4, -0.2) is 16.7 Å². The molecule has 1 aromatic heterocycles. The minimum Gasteiger partial charge on any atom is -0.302 e. The molecule has 4 nitrogen and oxygen atoms in total.